The average Bonchev–Trinajstić information content (AvgIpc) is 2.52. The van der Waals surface area contributed by atoms with Gasteiger partial charge in [0.2, 0.25) is 0 Å². The summed E-state index contributed by atoms with van der Waals surface area (Å²) in [6.07, 6.45) is 1.98. The van der Waals surface area contributed by atoms with Crippen molar-refractivity contribution in [3.05, 3.63) is 35.1 Å². The lowest BCUT2D eigenvalue weighted by Gasteiger charge is -2.39. The van der Waals surface area contributed by atoms with Crippen LogP contribution in [0.1, 0.15) is 37.8 Å². The van der Waals surface area contributed by atoms with Gasteiger partial charge in [-0.3, -0.25) is 0 Å². The van der Waals surface area contributed by atoms with Crippen molar-refractivity contribution in [2.75, 3.05) is 20.1 Å². The molecular weight excluding hydrogens is 229 g/mol. The standard InChI is InChI=1S/C15H20FNO/c1-14(2)13-10-11(16)4-5-12(13)15(18-14)6-8-17(3)9-7-15/h4-5,10H,6-9H2,1-3H3. The van der Waals surface area contributed by atoms with Gasteiger partial charge in [-0.2, -0.15) is 0 Å². The SMILES string of the molecule is CN1CCC2(CC1)OC(C)(C)c1cc(F)ccc12. The summed E-state index contributed by atoms with van der Waals surface area (Å²) in [5.74, 6) is -0.171. The molecule has 0 amide bonds. The molecule has 0 aromatic heterocycles. The molecular formula is C15H20FNO. The van der Waals surface area contributed by atoms with Crippen molar-refractivity contribution in [2.24, 2.45) is 0 Å². The molecule has 0 aliphatic carbocycles. The van der Waals surface area contributed by atoms with E-state index in [1.807, 2.05) is 19.9 Å². The average molecular weight is 249 g/mol. The second-order valence-electron chi connectivity index (χ2n) is 6.10. The van der Waals surface area contributed by atoms with E-state index in [-0.39, 0.29) is 17.0 Å². The molecule has 1 saturated heterocycles. The molecule has 2 aliphatic heterocycles. The highest BCUT2D eigenvalue weighted by Crippen LogP contribution is 2.51. The molecule has 3 heteroatoms. The van der Waals surface area contributed by atoms with Crippen LogP contribution in [0.4, 0.5) is 4.39 Å². The van der Waals surface area contributed by atoms with Crippen LogP contribution in [-0.4, -0.2) is 25.0 Å². The van der Waals surface area contributed by atoms with Crippen LogP contribution < -0.4 is 0 Å². The van der Waals surface area contributed by atoms with Crippen LogP contribution in [0, 0.1) is 5.82 Å². The van der Waals surface area contributed by atoms with Gasteiger partial charge in [-0.05, 0) is 57.0 Å². The molecule has 2 aliphatic rings. The van der Waals surface area contributed by atoms with E-state index in [4.69, 9.17) is 4.74 Å². The minimum atomic E-state index is -0.382. The van der Waals surface area contributed by atoms with Gasteiger partial charge in [0.05, 0.1) is 11.2 Å². The molecule has 0 N–H and O–H groups in total. The van der Waals surface area contributed by atoms with Gasteiger partial charge in [0, 0.05) is 13.1 Å². The summed E-state index contributed by atoms with van der Waals surface area (Å²) >= 11 is 0. The predicted molar refractivity (Wildman–Crippen MR) is 68.9 cm³/mol. The van der Waals surface area contributed by atoms with E-state index in [0.29, 0.717) is 0 Å². The number of ether oxygens (including phenoxy) is 1. The van der Waals surface area contributed by atoms with Gasteiger partial charge < -0.3 is 9.64 Å². The van der Waals surface area contributed by atoms with Crippen molar-refractivity contribution in [3.8, 4) is 0 Å². The lowest BCUT2D eigenvalue weighted by atomic mass is 9.82. The fraction of sp³-hybridized carbons (Fsp3) is 0.600. The van der Waals surface area contributed by atoms with Crippen LogP contribution in [0.3, 0.4) is 0 Å². The fourth-order valence-corrected chi connectivity index (χ4v) is 3.36. The van der Waals surface area contributed by atoms with Crippen molar-refractivity contribution in [3.63, 3.8) is 0 Å². The second-order valence-corrected chi connectivity index (χ2v) is 6.10. The molecule has 1 aromatic carbocycles. The summed E-state index contributed by atoms with van der Waals surface area (Å²) in [5.41, 5.74) is 1.64. The van der Waals surface area contributed by atoms with Gasteiger partial charge in [-0.25, -0.2) is 4.39 Å². The predicted octanol–water partition coefficient (Wildman–Crippen LogP) is 3.01. The summed E-state index contributed by atoms with van der Waals surface area (Å²) < 4.78 is 19.8. The molecule has 0 unspecified atom stereocenters. The smallest absolute Gasteiger partial charge is 0.123 e. The Morgan fingerprint density at radius 3 is 2.50 bits per heavy atom. The minimum absolute atomic E-state index is 0.171. The van der Waals surface area contributed by atoms with E-state index in [9.17, 15) is 4.39 Å². The first-order valence-corrected chi connectivity index (χ1v) is 6.62. The van der Waals surface area contributed by atoms with Crippen LogP contribution in [0.2, 0.25) is 0 Å². The topological polar surface area (TPSA) is 12.5 Å². The zero-order chi connectivity index (χ0) is 13.0. The largest absolute Gasteiger partial charge is 0.360 e. The number of likely N-dealkylation sites (tertiary alicyclic amines) is 1. The highest BCUT2D eigenvalue weighted by molar-refractivity contribution is 5.41. The van der Waals surface area contributed by atoms with E-state index < -0.39 is 0 Å². The fourth-order valence-electron chi connectivity index (χ4n) is 3.36. The van der Waals surface area contributed by atoms with Gasteiger partial charge in [0.15, 0.2) is 0 Å². The first-order valence-electron chi connectivity index (χ1n) is 6.62. The molecule has 3 rings (SSSR count). The van der Waals surface area contributed by atoms with E-state index in [1.165, 1.54) is 5.56 Å². The molecule has 0 radical (unpaired) electrons. The molecule has 2 nitrogen and oxygen atoms in total. The third-order valence-electron chi connectivity index (χ3n) is 4.37. The van der Waals surface area contributed by atoms with Gasteiger partial charge in [-0.1, -0.05) is 6.07 Å². The number of halogens is 1. The van der Waals surface area contributed by atoms with E-state index in [0.717, 1.165) is 31.5 Å². The zero-order valence-corrected chi connectivity index (χ0v) is 11.3. The van der Waals surface area contributed by atoms with Crippen LogP contribution in [-0.2, 0) is 15.9 Å². The third kappa shape index (κ3) is 1.69. The maximum atomic E-state index is 13.5. The summed E-state index contributed by atoms with van der Waals surface area (Å²) in [4.78, 5) is 2.32. The number of piperidine rings is 1. The third-order valence-corrected chi connectivity index (χ3v) is 4.37. The Labute approximate surface area is 108 Å². The van der Waals surface area contributed by atoms with Crippen LogP contribution in [0.5, 0.6) is 0 Å². The maximum absolute atomic E-state index is 13.5. The lowest BCUT2D eigenvalue weighted by molar-refractivity contribution is -0.148. The van der Waals surface area contributed by atoms with Crippen molar-refractivity contribution < 1.29 is 9.13 Å². The van der Waals surface area contributed by atoms with Crippen molar-refractivity contribution in [2.45, 2.75) is 37.9 Å². The maximum Gasteiger partial charge on any atom is 0.123 e. The zero-order valence-electron chi connectivity index (χ0n) is 11.3. The molecule has 98 valence electrons. The molecule has 0 bridgehead atoms. The summed E-state index contributed by atoms with van der Waals surface area (Å²) in [7, 11) is 2.14. The number of nitrogens with zero attached hydrogens (tertiary/aromatic N) is 1. The Morgan fingerprint density at radius 2 is 1.83 bits per heavy atom. The normalized spacial score (nSPS) is 25.3. The number of benzene rings is 1. The number of hydrogen-bond donors (Lipinski definition) is 0. The van der Waals surface area contributed by atoms with Gasteiger partial charge in [0.25, 0.3) is 0 Å². The molecule has 18 heavy (non-hydrogen) atoms. The Balaban J connectivity index is 2.07. The van der Waals surface area contributed by atoms with Crippen LogP contribution in [0.25, 0.3) is 0 Å². The number of rotatable bonds is 0. The Hall–Kier alpha value is -0.930. The Kier molecular flexibility index (Phi) is 2.55. The number of fused-ring (bicyclic) bond motifs is 2. The number of hydrogen-bond acceptors (Lipinski definition) is 2. The van der Waals surface area contributed by atoms with Crippen molar-refractivity contribution >= 4 is 0 Å². The van der Waals surface area contributed by atoms with Crippen LogP contribution in [0.15, 0.2) is 18.2 Å². The highest BCUT2D eigenvalue weighted by Gasteiger charge is 2.49. The van der Waals surface area contributed by atoms with Crippen molar-refractivity contribution in [1.29, 1.82) is 0 Å². The molecule has 1 spiro atoms. The highest BCUT2D eigenvalue weighted by atomic mass is 19.1. The van der Waals surface area contributed by atoms with Gasteiger partial charge >= 0.3 is 0 Å². The first kappa shape index (κ1) is 12.1. The summed E-state index contributed by atoms with van der Waals surface area (Å²) in [6.45, 7) is 6.15. The molecule has 1 aromatic rings. The second kappa shape index (κ2) is 3.78. The first-order chi connectivity index (χ1) is 8.43. The van der Waals surface area contributed by atoms with Crippen molar-refractivity contribution in [1.82, 2.24) is 4.90 Å². The van der Waals surface area contributed by atoms with Crippen LogP contribution >= 0.6 is 0 Å². The minimum Gasteiger partial charge on any atom is -0.360 e. The molecule has 0 saturated carbocycles. The molecule has 2 heterocycles. The van der Waals surface area contributed by atoms with E-state index in [2.05, 4.69) is 11.9 Å². The van der Waals surface area contributed by atoms with Gasteiger partial charge in [0.1, 0.15) is 5.82 Å². The molecule has 0 atom stereocenters. The Bertz CT molecular complexity index is 475. The van der Waals surface area contributed by atoms with E-state index >= 15 is 0 Å². The summed E-state index contributed by atoms with van der Waals surface area (Å²) in [6, 6.07) is 5.12. The monoisotopic (exact) mass is 249 g/mol. The van der Waals surface area contributed by atoms with Gasteiger partial charge in [-0.15, -0.1) is 0 Å². The quantitative estimate of drug-likeness (QED) is 0.701. The molecule has 1 fully saturated rings. The summed E-state index contributed by atoms with van der Waals surface area (Å²) in [5, 5.41) is 0. The lowest BCUT2D eigenvalue weighted by Crippen LogP contribution is -2.41. The Morgan fingerprint density at radius 1 is 1.17 bits per heavy atom. The van der Waals surface area contributed by atoms with E-state index in [1.54, 1.807) is 12.1 Å².